The van der Waals surface area contributed by atoms with Crippen molar-refractivity contribution in [1.82, 2.24) is 14.8 Å². The number of nitrogens with zero attached hydrogens (tertiary/aromatic N) is 3. The molecule has 0 spiro atoms. The standard InChI is InChI=1S/C9H16N4O4S2/c1-9(2,19(3,16)17)5-13-7(10)11-12-8(13)18-4-6(14)15/h4-5H2,1-3H3,(H2,10,11)(H,14,15). The third-order valence-corrected chi connectivity index (χ3v) is 5.70. The largest absolute Gasteiger partial charge is 0.481 e. The average Bonchev–Trinajstić information content (AvgIpc) is 2.55. The molecule has 0 saturated carbocycles. The molecule has 0 saturated heterocycles. The Morgan fingerprint density at radius 2 is 2.05 bits per heavy atom. The molecule has 0 atom stereocenters. The Hall–Kier alpha value is -1.29. The molecule has 108 valence electrons. The van der Waals surface area contributed by atoms with Crippen LogP contribution in [0.3, 0.4) is 0 Å². The van der Waals surface area contributed by atoms with Gasteiger partial charge in [-0.05, 0) is 13.8 Å². The molecule has 0 aliphatic heterocycles. The predicted octanol–water partition coefficient (Wildman–Crippen LogP) is -0.140. The van der Waals surface area contributed by atoms with Gasteiger partial charge in [-0.2, -0.15) is 0 Å². The van der Waals surface area contributed by atoms with Crippen LogP contribution in [0.25, 0.3) is 0 Å². The summed E-state index contributed by atoms with van der Waals surface area (Å²) in [4.78, 5) is 10.5. The molecule has 0 aliphatic rings. The van der Waals surface area contributed by atoms with Crippen LogP contribution in [0.15, 0.2) is 5.16 Å². The maximum atomic E-state index is 11.7. The highest BCUT2D eigenvalue weighted by Gasteiger charge is 2.32. The maximum Gasteiger partial charge on any atom is 0.313 e. The minimum atomic E-state index is -3.30. The van der Waals surface area contributed by atoms with Gasteiger partial charge in [-0.15, -0.1) is 10.2 Å². The van der Waals surface area contributed by atoms with Gasteiger partial charge in [-0.1, -0.05) is 11.8 Å². The summed E-state index contributed by atoms with van der Waals surface area (Å²) >= 11 is 0.942. The molecular formula is C9H16N4O4S2. The summed E-state index contributed by atoms with van der Waals surface area (Å²) in [7, 11) is -3.30. The van der Waals surface area contributed by atoms with E-state index in [-0.39, 0.29) is 23.4 Å². The van der Waals surface area contributed by atoms with E-state index < -0.39 is 20.6 Å². The van der Waals surface area contributed by atoms with Crippen molar-refractivity contribution in [2.45, 2.75) is 30.3 Å². The minimum Gasteiger partial charge on any atom is -0.481 e. The Kier molecular flexibility index (Phi) is 4.46. The first kappa shape index (κ1) is 15.8. The second-order valence-corrected chi connectivity index (χ2v) is 8.23. The Bertz CT molecular complexity index is 579. The van der Waals surface area contributed by atoms with Gasteiger partial charge < -0.3 is 10.8 Å². The molecule has 19 heavy (non-hydrogen) atoms. The lowest BCUT2D eigenvalue weighted by Crippen LogP contribution is -2.36. The first-order valence-corrected chi connectivity index (χ1v) is 8.15. The number of carboxylic acids is 1. The second kappa shape index (κ2) is 5.37. The fourth-order valence-corrected chi connectivity index (χ4v) is 2.21. The number of rotatable bonds is 6. The van der Waals surface area contributed by atoms with Crippen LogP contribution < -0.4 is 5.73 Å². The number of hydrogen-bond donors (Lipinski definition) is 2. The molecule has 1 heterocycles. The van der Waals surface area contributed by atoms with Gasteiger partial charge in [0.1, 0.15) is 0 Å². The quantitative estimate of drug-likeness (QED) is 0.695. The van der Waals surface area contributed by atoms with Crippen LogP contribution in [0, 0.1) is 0 Å². The van der Waals surface area contributed by atoms with E-state index in [0.717, 1.165) is 18.0 Å². The van der Waals surface area contributed by atoms with Gasteiger partial charge >= 0.3 is 5.97 Å². The summed E-state index contributed by atoms with van der Waals surface area (Å²) in [5, 5.41) is 16.3. The van der Waals surface area contributed by atoms with E-state index in [2.05, 4.69) is 10.2 Å². The van der Waals surface area contributed by atoms with Crippen molar-refractivity contribution in [3.05, 3.63) is 0 Å². The van der Waals surface area contributed by atoms with Gasteiger partial charge in [0.15, 0.2) is 15.0 Å². The Morgan fingerprint density at radius 3 is 2.53 bits per heavy atom. The van der Waals surface area contributed by atoms with Crippen LogP contribution in [-0.2, 0) is 21.2 Å². The summed E-state index contributed by atoms with van der Waals surface area (Å²) < 4.78 is 23.7. The number of aromatic nitrogens is 3. The lowest BCUT2D eigenvalue weighted by Gasteiger charge is -2.23. The molecule has 1 rings (SSSR count). The molecule has 0 aliphatic carbocycles. The van der Waals surface area contributed by atoms with E-state index in [1.165, 1.54) is 4.57 Å². The lowest BCUT2D eigenvalue weighted by atomic mass is 10.2. The van der Waals surface area contributed by atoms with Crippen molar-refractivity contribution < 1.29 is 18.3 Å². The minimum absolute atomic E-state index is 0.0598. The van der Waals surface area contributed by atoms with Crippen LogP contribution in [0.4, 0.5) is 5.95 Å². The summed E-state index contributed by atoms with van der Waals surface area (Å²) in [5.74, 6) is -1.14. The molecule has 0 bridgehead atoms. The Morgan fingerprint density at radius 1 is 1.47 bits per heavy atom. The van der Waals surface area contributed by atoms with E-state index >= 15 is 0 Å². The Balaban J connectivity index is 3.01. The van der Waals surface area contributed by atoms with Crippen LogP contribution in [0.1, 0.15) is 13.8 Å². The first-order chi connectivity index (χ1) is 8.54. The van der Waals surface area contributed by atoms with Crippen molar-refractivity contribution in [3.63, 3.8) is 0 Å². The molecule has 3 N–H and O–H groups in total. The summed E-state index contributed by atoms with van der Waals surface area (Å²) in [6.07, 6.45) is 1.14. The molecule has 1 aromatic heterocycles. The van der Waals surface area contributed by atoms with E-state index in [1.54, 1.807) is 13.8 Å². The van der Waals surface area contributed by atoms with E-state index in [0.29, 0.717) is 0 Å². The summed E-state index contributed by atoms with van der Waals surface area (Å²) in [6, 6.07) is 0. The maximum absolute atomic E-state index is 11.7. The molecule has 10 heteroatoms. The number of anilines is 1. The molecular weight excluding hydrogens is 292 g/mol. The van der Waals surface area contributed by atoms with E-state index in [1.807, 2.05) is 0 Å². The molecule has 8 nitrogen and oxygen atoms in total. The number of carbonyl (C=O) groups is 1. The molecule has 0 radical (unpaired) electrons. The normalized spacial score (nSPS) is 12.6. The van der Waals surface area contributed by atoms with Crippen molar-refractivity contribution in [3.8, 4) is 0 Å². The monoisotopic (exact) mass is 308 g/mol. The molecule has 0 aromatic carbocycles. The summed E-state index contributed by atoms with van der Waals surface area (Å²) in [6.45, 7) is 3.19. The van der Waals surface area contributed by atoms with Gasteiger partial charge in [0, 0.05) is 12.8 Å². The van der Waals surface area contributed by atoms with Crippen LogP contribution >= 0.6 is 11.8 Å². The molecule has 1 aromatic rings. The van der Waals surface area contributed by atoms with Gasteiger partial charge in [0.25, 0.3) is 0 Å². The number of carboxylic acid groups (broad SMARTS) is 1. The van der Waals surface area contributed by atoms with Crippen molar-refractivity contribution >= 4 is 33.5 Å². The lowest BCUT2D eigenvalue weighted by molar-refractivity contribution is -0.133. The van der Waals surface area contributed by atoms with Crippen LogP contribution in [0.2, 0.25) is 0 Å². The highest BCUT2D eigenvalue weighted by atomic mass is 32.2. The topological polar surface area (TPSA) is 128 Å². The number of nitrogens with two attached hydrogens (primary N) is 1. The van der Waals surface area contributed by atoms with Crippen molar-refractivity contribution in [2.75, 3.05) is 17.7 Å². The third kappa shape index (κ3) is 3.83. The smallest absolute Gasteiger partial charge is 0.313 e. The average molecular weight is 308 g/mol. The number of thioether (sulfide) groups is 1. The fourth-order valence-electron chi connectivity index (χ4n) is 1.18. The number of nitrogen functional groups attached to an aromatic ring is 1. The van der Waals surface area contributed by atoms with Gasteiger partial charge in [-0.3, -0.25) is 9.36 Å². The SMILES string of the molecule is CC(C)(Cn1c(N)nnc1SCC(=O)O)S(C)(=O)=O. The van der Waals surface area contributed by atoms with E-state index in [9.17, 15) is 13.2 Å². The Labute approximate surface area is 115 Å². The zero-order valence-electron chi connectivity index (χ0n) is 10.8. The third-order valence-electron chi connectivity index (χ3n) is 2.61. The van der Waals surface area contributed by atoms with Crippen molar-refractivity contribution in [2.24, 2.45) is 0 Å². The molecule has 0 amide bonds. The zero-order valence-corrected chi connectivity index (χ0v) is 12.5. The number of aliphatic carboxylic acids is 1. The highest BCUT2D eigenvalue weighted by molar-refractivity contribution is 7.99. The zero-order chi connectivity index (χ0) is 14.8. The summed E-state index contributed by atoms with van der Waals surface area (Å²) in [5.41, 5.74) is 5.63. The second-order valence-electron chi connectivity index (χ2n) is 4.64. The number of hydrogen-bond acceptors (Lipinski definition) is 7. The predicted molar refractivity (Wildman–Crippen MR) is 71.7 cm³/mol. The van der Waals surface area contributed by atoms with Crippen LogP contribution in [0.5, 0.6) is 0 Å². The van der Waals surface area contributed by atoms with Crippen LogP contribution in [-0.4, -0.2) is 51.0 Å². The van der Waals surface area contributed by atoms with E-state index in [4.69, 9.17) is 10.8 Å². The molecule has 0 unspecified atom stereocenters. The van der Waals surface area contributed by atoms with Gasteiger partial charge in [-0.25, -0.2) is 8.42 Å². The highest BCUT2D eigenvalue weighted by Crippen LogP contribution is 2.24. The van der Waals surface area contributed by atoms with Crippen molar-refractivity contribution in [1.29, 1.82) is 0 Å². The van der Waals surface area contributed by atoms with Gasteiger partial charge in [0.2, 0.25) is 5.95 Å². The first-order valence-electron chi connectivity index (χ1n) is 5.27. The fraction of sp³-hybridized carbons (Fsp3) is 0.667. The molecule has 0 fully saturated rings. The van der Waals surface area contributed by atoms with Gasteiger partial charge in [0.05, 0.1) is 10.5 Å². The number of sulfone groups is 1.